The first-order chi connectivity index (χ1) is 11.2. The van der Waals surface area contributed by atoms with Gasteiger partial charge >= 0.3 is 12.1 Å². The number of nitriles is 1. The van der Waals surface area contributed by atoms with Crippen molar-refractivity contribution in [1.82, 2.24) is 0 Å². The Morgan fingerprint density at radius 1 is 1.42 bits per heavy atom. The Kier molecular flexibility index (Phi) is 4.55. The van der Waals surface area contributed by atoms with Crippen LogP contribution in [0.3, 0.4) is 0 Å². The maximum absolute atomic E-state index is 13.0. The number of ether oxygens (including phenoxy) is 2. The molecule has 0 amide bonds. The first kappa shape index (κ1) is 17.4. The Morgan fingerprint density at radius 3 is 2.62 bits per heavy atom. The van der Waals surface area contributed by atoms with Gasteiger partial charge in [-0.1, -0.05) is 18.2 Å². The summed E-state index contributed by atoms with van der Waals surface area (Å²) in [6.45, 7) is 1.42. The monoisotopic (exact) mass is 338 g/mol. The second kappa shape index (κ2) is 6.28. The molecule has 1 aromatic carbocycles. The van der Waals surface area contributed by atoms with Crippen LogP contribution in [-0.2, 0) is 20.4 Å². The van der Waals surface area contributed by atoms with Crippen LogP contribution in [0.2, 0.25) is 0 Å². The highest BCUT2D eigenvalue weighted by atomic mass is 19.4. The zero-order valence-electron chi connectivity index (χ0n) is 12.8. The fourth-order valence-electron chi connectivity index (χ4n) is 2.48. The number of carbonyl (C=O) groups is 1. The molecule has 1 aromatic rings. The molecular weight excluding hydrogens is 325 g/mol. The van der Waals surface area contributed by atoms with E-state index >= 15 is 0 Å². The second-order valence-corrected chi connectivity index (χ2v) is 5.01. The summed E-state index contributed by atoms with van der Waals surface area (Å²) < 4.78 is 48.7. The Balaban J connectivity index is 2.68. The molecule has 0 saturated carbocycles. The molecule has 0 fully saturated rings. The van der Waals surface area contributed by atoms with E-state index in [2.05, 4.69) is 4.74 Å². The topological polar surface area (TPSA) is 85.3 Å². The lowest BCUT2D eigenvalue weighted by atomic mass is 9.82. The van der Waals surface area contributed by atoms with Crippen molar-refractivity contribution in [1.29, 1.82) is 5.26 Å². The van der Waals surface area contributed by atoms with E-state index in [1.165, 1.54) is 19.1 Å². The van der Waals surface area contributed by atoms with E-state index in [4.69, 9.17) is 10.5 Å². The lowest BCUT2D eigenvalue weighted by Gasteiger charge is -2.26. The number of nitrogens with zero attached hydrogens (tertiary/aromatic N) is 1. The smallest absolute Gasteiger partial charge is 0.416 e. The molecule has 126 valence electrons. The summed E-state index contributed by atoms with van der Waals surface area (Å²) in [7, 11) is 1.12. The van der Waals surface area contributed by atoms with Crippen molar-refractivity contribution in [3.63, 3.8) is 0 Å². The van der Waals surface area contributed by atoms with Gasteiger partial charge in [-0.3, -0.25) is 0 Å². The number of alkyl halides is 3. The quantitative estimate of drug-likeness (QED) is 0.838. The molecule has 1 aliphatic heterocycles. The zero-order valence-corrected chi connectivity index (χ0v) is 12.8. The predicted octanol–water partition coefficient (Wildman–Crippen LogP) is 2.96. The van der Waals surface area contributed by atoms with Crippen LogP contribution in [0.25, 0.3) is 0 Å². The van der Waals surface area contributed by atoms with Crippen molar-refractivity contribution >= 4 is 5.97 Å². The number of nitrogens with two attached hydrogens (primary N) is 1. The van der Waals surface area contributed by atoms with Gasteiger partial charge in [0.1, 0.15) is 17.4 Å². The maximum Gasteiger partial charge on any atom is 0.416 e. The number of hydrogen-bond acceptors (Lipinski definition) is 5. The van der Waals surface area contributed by atoms with Crippen LogP contribution in [0.5, 0.6) is 0 Å². The van der Waals surface area contributed by atoms with E-state index < -0.39 is 23.6 Å². The van der Waals surface area contributed by atoms with Crippen molar-refractivity contribution < 1.29 is 27.4 Å². The zero-order chi connectivity index (χ0) is 18.1. The summed E-state index contributed by atoms with van der Waals surface area (Å²) >= 11 is 0. The van der Waals surface area contributed by atoms with E-state index in [0.29, 0.717) is 0 Å². The molecule has 1 heterocycles. The van der Waals surface area contributed by atoms with Gasteiger partial charge in [-0.25, -0.2) is 4.79 Å². The van der Waals surface area contributed by atoms with E-state index in [9.17, 15) is 23.2 Å². The Hall–Kier alpha value is -2.95. The second-order valence-electron chi connectivity index (χ2n) is 5.01. The number of rotatable bonds is 2. The fourth-order valence-corrected chi connectivity index (χ4v) is 2.48. The molecule has 0 radical (unpaired) electrons. The van der Waals surface area contributed by atoms with Crippen LogP contribution in [0.15, 0.2) is 47.1 Å². The number of carbonyl (C=O) groups excluding carboxylic acids is 1. The molecule has 2 N–H and O–H groups in total. The van der Waals surface area contributed by atoms with E-state index in [1.54, 1.807) is 6.07 Å². The van der Waals surface area contributed by atoms with E-state index in [-0.39, 0.29) is 28.4 Å². The molecule has 24 heavy (non-hydrogen) atoms. The summed E-state index contributed by atoms with van der Waals surface area (Å²) in [5.41, 5.74) is 4.63. The molecule has 1 atom stereocenters. The Morgan fingerprint density at radius 2 is 2.08 bits per heavy atom. The van der Waals surface area contributed by atoms with Crippen molar-refractivity contribution in [3.8, 4) is 6.07 Å². The summed E-state index contributed by atoms with van der Waals surface area (Å²) in [5, 5.41) is 9.32. The highest BCUT2D eigenvalue weighted by Crippen LogP contribution is 2.41. The van der Waals surface area contributed by atoms with Gasteiger partial charge in [-0.2, -0.15) is 18.4 Å². The third-order valence-corrected chi connectivity index (χ3v) is 3.56. The van der Waals surface area contributed by atoms with Gasteiger partial charge < -0.3 is 15.2 Å². The molecule has 0 aromatic heterocycles. The van der Waals surface area contributed by atoms with Gasteiger partial charge in [0, 0.05) is 0 Å². The lowest BCUT2D eigenvalue weighted by Crippen LogP contribution is -2.25. The van der Waals surface area contributed by atoms with E-state index in [0.717, 1.165) is 19.2 Å². The first-order valence-electron chi connectivity index (χ1n) is 6.74. The van der Waals surface area contributed by atoms with Crippen LogP contribution in [0.1, 0.15) is 24.0 Å². The van der Waals surface area contributed by atoms with Gasteiger partial charge in [0.15, 0.2) is 0 Å². The molecule has 0 unspecified atom stereocenters. The van der Waals surface area contributed by atoms with Gasteiger partial charge in [-0.05, 0) is 18.6 Å². The minimum Gasteiger partial charge on any atom is -0.466 e. The van der Waals surface area contributed by atoms with Crippen LogP contribution >= 0.6 is 0 Å². The van der Waals surface area contributed by atoms with Gasteiger partial charge in [0.05, 0.1) is 24.2 Å². The number of methoxy groups -OCH3 is 1. The molecule has 5 nitrogen and oxygen atoms in total. The molecule has 0 bridgehead atoms. The summed E-state index contributed by atoms with van der Waals surface area (Å²) in [4.78, 5) is 12.1. The highest BCUT2D eigenvalue weighted by molar-refractivity contribution is 5.92. The Bertz CT molecular complexity index is 788. The van der Waals surface area contributed by atoms with Gasteiger partial charge in [-0.15, -0.1) is 0 Å². The number of benzene rings is 1. The van der Waals surface area contributed by atoms with Crippen LogP contribution in [-0.4, -0.2) is 13.1 Å². The largest absolute Gasteiger partial charge is 0.466 e. The maximum atomic E-state index is 13.0. The van der Waals surface area contributed by atoms with Gasteiger partial charge in [0.25, 0.3) is 0 Å². The minimum absolute atomic E-state index is 0.0671. The van der Waals surface area contributed by atoms with Crippen LogP contribution in [0.4, 0.5) is 13.2 Å². The molecule has 8 heteroatoms. The average molecular weight is 338 g/mol. The first-order valence-corrected chi connectivity index (χ1v) is 6.74. The number of hydrogen-bond donors (Lipinski definition) is 1. The third-order valence-electron chi connectivity index (χ3n) is 3.56. The predicted molar refractivity (Wildman–Crippen MR) is 76.8 cm³/mol. The lowest BCUT2D eigenvalue weighted by molar-refractivity contribution is -0.137. The standard InChI is InChI=1S/C16H13F3N2O3/c1-8-12(15(22)23-2)13(11(7-20)14(21)24-8)9-4-3-5-10(6-9)16(17,18)19/h3-6,13H,21H2,1-2H3/t13-/m0/s1. The molecule has 1 aliphatic rings. The summed E-state index contributed by atoms with van der Waals surface area (Å²) in [6, 6.07) is 6.15. The average Bonchev–Trinajstić information content (AvgIpc) is 2.53. The summed E-state index contributed by atoms with van der Waals surface area (Å²) in [6.07, 6.45) is -4.56. The number of esters is 1. The van der Waals surface area contributed by atoms with Crippen LogP contribution < -0.4 is 5.73 Å². The SMILES string of the molecule is COC(=O)C1=C(C)OC(N)=C(C#N)[C@@H]1c1cccc(C(F)(F)F)c1. The number of allylic oxidation sites excluding steroid dienone is 2. The van der Waals surface area contributed by atoms with Crippen LogP contribution in [0, 0.1) is 11.3 Å². The molecular formula is C16H13F3N2O3. The molecule has 2 rings (SSSR count). The van der Waals surface area contributed by atoms with Gasteiger partial charge in [0.2, 0.25) is 5.88 Å². The molecule has 0 aliphatic carbocycles. The van der Waals surface area contributed by atoms with E-state index in [1.807, 2.05) is 0 Å². The van der Waals surface area contributed by atoms with Crippen molar-refractivity contribution in [3.05, 3.63) is 58.2 Å². The number of halogens is 3. The fraction of sp³-hybridized carbons (Fsp3) is 0.250. The normalized spacial score (nSPS) is 18.1. The minimum atomic E-state index is -4.56. The third kappa shape index (κ3) is 3.06. The highest BCUT2D eigenvalue weighted by Gasteiger charge is 2.37. The molecule has 0 spiro atoms. The Labute approximate surface area is 135 Å². The van der Waals surface area contributed by atoms with Crippen molar-refractivity contribution in [2.45, 2.75) is 19.0 Å². The van der Waals surface area contributed by atoms with Crippen molar-refractivity contribution in [2.24, 2.45) is 5.73 Å². The summed E-state index contributed by atoms with van der Waals surface area (Å²) in [5.74, 6) is -2.10. The molecule has 0 saturated heterocycles. The van der Waals surface area contributed by atoms with Crippen molar-refractivity contribution in [2.75, 3.05) is 7.11 Å².